The van der Waals surface area contributed by atoms with E-state index in [0.29, 0.717) is 20.6 Å². The van der Waals surface area contributed by atoms with Crippen LogP contribution in [-0.2, 0) is 16.6 Å². The molecule has 0 saturated carbocycles. The number of hydrogen-bond acceptors (Lipinski definition) is 4. The van der Waals surface area contributed by atoms with Gasteiger partial charge in [0.1, 0.15) is 0 Å². The van der Waals surface area contributed by atoms with Gasteiger partial charge in [-0.05, 0) is 52.2 Å². The Labute approximate surface area is 132 Å². The van der Waals surface area contributed by atoms with Gasteiger partial charge in [-0.2, -0.15) is 0 Å². The summed E-state index contributed by atoms with van der Waals surface area (Å²) in [4.78, 5) is 11.1. The summed E-state index contributed by atoms with van der Waals surface area (Å²) >= 11 is 3.21. The molecule has 0 heterocycles. The van der Waals surface area contributed by atoms with Crippen LogP contribution in [0.4, 0.5) is 11.4 Å². The molecule has 7 heteroatoms. The summed E-state index contributed by atoms with van der Waals surface area (Å²) in [5, 5.41) is 10.9. The molecule has 21 heavy (non-hydrogen) atoms. The molecule has 110 valence electrons. The Morgan fingerprint density at radius 3 is 2.67 bits per heavy atom. The van der Waals surface area contributed by atoms with Crippen LogP contribution in [0.15, 0.2) is 45.8 Å². The molecule has 0 aliphatic carbocycles. The molecule has 0 aromatic heterocycles. The zero-order valence-electron chi connectivity index (χ0n) is 11.2. The first-order chi connectivity index (χ1) is 9.90. The number of aryl methyl sites for hydroxylation is 1. The van der Waals surface area contributed by atoms with Crippen molar-refractivity contribution in [2.24, 2.45) is 0 Å². The minimum Gasteiger partial charge on any atom is -0.399 e. The van der Waals surface area contributed by atoms with Crippen molar-refractivity contribution in [2.75, 3.05) is 5.73 Å². The highest BCUT2D eigenvalue weighted by Gasteiger charge is 2.17. The van der Waals surface area contributed by atoms with E-state index in [1.165, 1.54) is 6.07 Å². The lowest BCUT2D eigenvalue weighted by Crippen LogP contribution is -2.00. The summed E-state index contributed by atoms with van der Waals surface area (Å²) in [5.74, 6) is 0.200. The molecule has 0 aliphatic heterocycles. The smallest absolute Gasteiger partial charge is 0.283 e. The Hall–Kier alpha value is -1.73. The lowest BCUT2D eigenvalue weighted by Gasteiger charge is -2.07. The van der Waals surface area contributed by atoms with Gasteiger partial charge in [-0.3, -0.25) is 14.3 Å². The molecule has 2 N–H and O–H groups in total. The van der Waals surface area contributed by atoms with E-state index >= 15 is 0 Å². The first-order valence-corrected chi connectivity index (χ1v) is 8.17. The number of nitrogen functional groups attached to an aromatic ring is 1. The van der Waals surface area contributed by atoms with E-state index in [-0.39, 0.29) is 11.4 Å². The Bertz CT molecular complexity index is 734. The average Bonchev–Trinajstić information content (AvgIpc) is 2.43. The van der Waals surface area contributed by atoms with Crippen molar-refractivity contribution >= 4 is 38.1 Å². The Morgan fingerprint density at radius 1 is 1.33 bits per heavy atom. The fourth-order valence-corrected chi connectivity index (χ4v) is 3.79. The highest BCUT2D eigenvalue weighted by atomic mass is 79.9. The number of benzene rings is 2. The Morgan fingerprint density at radius 2 is 2.05 bits per heavy atom. The number of rotatable bonds is 4. The summed E-state index contributed by atoms with van der Waals surface area (Å²) in [7, 11) is -1.29. The predicted molar refractivity (Wildman–Crippen MR) is 86.5 cm³/mol. The molecule has 0 bridgehead atoms. The molecular formula is C14H13BrN2O3S. The van der Waals surface area contributed by atoms with Crippen molar-refractivity contribution in [2.45, 2.75) is 17.6 Å². The maximum Gasteiger partial charge on any atom is 0.283 e. The standard InChI is InChI=1S/C14H13BrN2O3S/c1-9-7-11(5-6-12(9)16)21(20)8-10-3-2-4-13(14(10)15)17(18)19/h2-7H,8,16H2,1H3. The van der Waals surface area contributed by atoms with Crippen molar-refractivity contribution in [3.8, 4) is 0 Å². The number of nitro benzene ring substituents is 1. The van der Waals surface area contributed by atoms with Gasteiger partial charge < -0.3 is 5.73 Å². The molecule has 2 aromatic carbocycles. The molecule has 2 rings (SSSR count). The second kappa shape index (κ2) is 6.36. The van der Waals surface area contributed by atoms with Gasteiger partial charge in [0.15, 0.2) is 0 Å². The third kappa shape index (κ3) is 3.48. The minimum atomic E-state index is -1.29. The van der Waals surface area contributed by atoms with E-state index in [4.69, 9.17) is 5.73 Å². The molecule has 2 aromatic rings. The quantitative estimate of drug-likeness (QED) is 0.507. The minimum absolute atomic E-state index is 0.0296. The van der Waals surface area contributed by atoms with E-state index in [0.717, 1.165) is 5.56 Å². The van der Waals surface area contributed by atoms with E-state index in [9.17, 15) is 14.3 Å². The van der Waals surface area contributed by atoms with Gasteiger partial charge in [0.25, 0.3) is 5.69 Å². The summed E-state index contributed by atoms with van der Waals surface area (Å²) in [6.07, 6.45) is 0. The van der Waals surface area contributed by atoms with Gasteiger partial charge in [0.05, 0.1) is 25.9 Å². The molecule has 1 atom stereocenters. The van der Waals surface area contributed by atoms with Gasteiger partial charge in [-0.15, -0.1) is 0 Å². The van der Waals surface area contributed by atoms with Crippen molar-refractivity contribution in [3.63, 3.8) is 0 Å². The number of nitro groups is 1. The van der Waals surface area contributed by atoms with Crippen LogP contribution < -0.4 is 5.73 Å². The first-order valence-electron chi connectivity index (χ1n) is 6.06. The van der Waals surface area contributed by atoms with Crippen molar-refractivity contribution in [3.05, 3.63) is 62.1 Å². The molecule has 0 spiro atoms. The summed E-state index contributed by atoms with van der Waals surface area (Å²) in [5.41, 5.74) is 7.85. The van der Waals surface area contributed by atoms with Crippen LogP contribution in [0, 0.1) is 17.0 Å². The molecule has 0 radical (unpaired) electrons. The Balaban J connectivity index is 2.29. The summed E-state index contributed by atoms with van der Waals surface area (Å²) in [6, 6.07) is 9.91. The fourth-order valence-electron chi connectivity index (χ4n) is 1.83. The van der Waals surface area contributed by atoms with Crippen molar-refractivity contribution in [1.29, 1.82) is 0 Å². The van der Waals surface area contributed by atoms with E-state index in [1.807, 2.05) is 6.92 Å². The molecule has 0 aliphatic rings. The summed E-state index contributed by atoms with van der Waals surface area (Å²) in [6.45, 7) is 1.85. The van der Waals surface area contributed by atoms with Crippen molar-refractivity contribution < 1.29 is 9.13 Å². The van der Waals surface area contributed by atoms with Crippen LogP contribution in [-0.4, -0.2) is 9.13 Å². The normalized spacial score (nSPS) is 12.1. The van der Waals surface area contributed by atoms with Crippen LogP contribution in [0.1, 0.15) is 11.1 Å². The molecule has 0 amide bonds. The summed E-state index contributed by atoms with van der Waals surface area (Å²) < 4.78 is 12.8. The second-order valence-corrected chi connectivity index (χ2v) is 6.76. The lowest BCUT2D eigenvalue weighted by molar-refractivity contribution is -0.385. The van der Waals surface area contributed by atoms with Crippen molar-refractivity contribution in [1.82, 2.24) is 0 Å². The zero-order valence-corrected chi connectivity index (χ0v) is 13.6. The van der Waals surface area contributed by atoms with Gasteiger partial charge in [0.2, 0.25) is 0 Å². The molecular weight excluding hydrogens is 356 g/mol. The van der Waals surface area contributed by atoms with Crippen LogP contribution in [0.3, 0.4) is 0 Å². The van der Waals surface area contributed by atoms with Crippen LogP contribution in [0.5, 0.6) is 0 Å². The topological polar surface area (TPSA) is 86.2 Å². The van der Waals surface area contributed by atoms with E-state index in [1.54, 1.807) is 30.3 Å². The third-order valence-electron chi connectivity index (χ3n) is 3.05. The number of halogens is 1. The number of nitrogens with zero attached hydrogens (tertiary/aromatic N) is 1. The SMILES string of the molecule is Cc1cc(S(=O)Cc2cccc([N+](=O)[O-])c2Br)ccc1N. The average molecular weight is 369 g/mol. The van der Waals surface area contributed by atoms with Gasteiger partial charge in [0, 0.05) is 16.6 Å². The molecule has 0 fully saturated rings. The highest BCUT2D eigenvalue weighted by molar-refractivity contribution is 9.10. The second-order valence-electron chi connectivity index (χ2n) is 4.52. The molecule has 1 unspecified atom stereocenters. The van der Waals surface area contributed by atoms with Crippen LogP contribution in [0.25, 0.3) is 0 Å². The van der Waals surface area contributed by atoms with E-state index < -0.39 is 15.7 Å². The highest BCUT2D eigenvalue weighted by Crippen LogP contribution is 2.30. The lowest BCUT2D eigenvalue weighted by atomic mass is 10.2. The van der Waals surface area contributed by atoms with Crippen LogP contribution >= 0.6 is 15.9 Å². The van der Waals surface area contributed by atoms with Gasteiger partial charge in [-0.25, -0.2) is 0 Å². The largest absolute Gasteiger partial charge is 0.399 e. The first kappa shape index (κ1) is 15.7. The molecule has 5 nitrogen and oxygen atoms in total. The Kier molecular flexibility index (Phi) is 4.74. The van der Waals surface area contributed by atoms with E-state index in [2.05, 4.69) is 15.9 Å². The zero-order chi connectivity index (χ0) is 15.6. The fraction of sp³-hybridized carbons (Fsp3) is 0.143. The number of nitrogens with two attached hydrogens (primary N) is 1. The molecule has 0 saturated heterocycles. The number of hydrogen-bond donors (Lipinski definition) is 1. The monoisotopic (exact) mass is 368 g/mol. The van der Waals surface area contributed by atoms with Gasteiger partial charge >= 0.3 is 0 Å². The van der Waals surface area contributed by atoms with Gasteiger partial charge in [-0.1, -0.05) is 12.1 Å². The third-order valence-corrected chi connectivity index (χ3v) is 5.31. The van der Waals surface area contributed by atoms with Crippen LogP contribution in [0.2, 0.25) is 0 Å². The maximum atomic E-state index is 12.4. The maximum absolute atomic E-state index is 12.4. The predicted octanol–water partition coefficient (Wildman–Crippen LogP) is 3.56. The number of anilines is 1.